The van der Waals surface area contributed by atoms with E-state index in [9.17, 15) is 4.79 Å². The molecule has 4 nitrogen and oxygen atoms in total. The Morgan fingerprint density at radius 1 is 0.318 bits per heavy atom. The van der Waals surface area contributed by atoms with Gasteiger partial charge >= 0.3 is 0 Å². The van der Waals surface area contributed by atoms with Crippen molar-refractivity contribution in [2.24, 2.45) is 0 Å². The monoisotopic (exact) mass is 857 g/mol. The number of fused-ring (bicyclic) bond motifs is 15. The van der Waals surface area contributed by atoms with Gasteiger partial charge in [0.25, 0.3) is 5.56 Å². The van der Waals surface area contributed by atoms with Crippen molar-refractivity contribution in [3.63, 3.8) is 0 Å². The molecule has 0 aliphatic rings. The highest BCUT2D eigenvalue weighted by Crippen LogP contribution is 2.46. The van der Waals surface area contributed by atoms with Gasteiger partial charge in [0.15, 0.2) is 0 Å². The van der Waals surface area contributed by atoms with Crippen LogP contribution in [0.2, 0.25) is 0 Å². The SMILES string of the molecule is O=c1c2ccccc2c2cc(-c3cccc4sc5ccc(-n6c7ccccc7c7ccc8c9ccccc9n(-c9ccccc9)c8c76)cc5c34)cc3c4cc(-c5ccccc5)ccc4n1c23. The fraction of sp³-hybridized carbons (Fsp3) is 0. The minimum absolute atomic E-state index is 0.0169. The first-order chi connectivity index (χ1) is 32.7. The molecule has 0 saturated heterocycles. The van der Waals surface area contributed by atoms with E-state index in [4.69, 9.17) is 0 Å². The molecule has 5 aromatic heterocycles. The molecule has 0 saturated carbocycles. The molecule has 66 heavy (non-hydrogen) atoms. The first-order valence-corrected chi connectivity index (χ1v) is 23.3. The van der Waals surface area contributed by atoms with E-state index in [1.165, 1.54) is 69.3 Å². The molecule has 0 fully saturated rings. The summed E-state index contributed by atoms with van der Waals surface area (Å²) in [5, 5.41) is 12.3. The lowest BCUT2D eigenvalue weighted by Gasteiger charge is -2.13. The summed E-state index contributed by atoms with van der Waals surface area (Å²) < 4.78 is 9.39. The molecule has 5 heterocycles. The van der Waals surface area contributed by atoms with E-state index in [2.05, 4.69) is 203 Å². The van der Waals surface area contributed by atoms with Gasteiger partial charge in [0.1, 0.15) is 0 Å². The van der Waals surface area contributed by atoms with Crippen molar-refractivity contribution in [1.82, 2.24) is 13.5 Å². The summed E-state index contributed by atoms with van der Waals surface area (Å²) in [5.74, 6) is 0. The molecule has 0 radical (unpaired) electrons. The Morgan fingerprint density at radius 3 is 1.65 bits per heavy atom. The molecule has 0 aliphatic carbocycles. The fourth-order valence-corrected chi connectivity index (χ4v) is 12.5. The van der Waals surface area contributed by atoms with Crippen molar-refractivity contribution >= 4 is 113 Å². The van der Waals surface area contributed by atoms with Gasteiger partial charge in [0.2, 0.25) is 0 Å². The van der Waals surface area contributed by atoms with E-state index in [1.807, 2.05) is 33.9 Å². The zero-order valence-electron chi connectivity index (χ0n) is 35.4. The first-order valence-electron chi connectivity index (χ1n) is 22.5. The van der Waals surface area contributed by atoms with Gasteiger partial charge in [0.05, 0.1) is 33.1 Å². The van der Waals surface area contributed by atoms with Crippen LogP contribution >= 0.6 is 11.3 Å². The van der Waals surface area contributed by atoms with Gasteiger partial charge in [-0.05, 0) is 107 Å². The van der Waals surface area contributed by atoms with Gasteiger partial charge in [-0.3, -0.25) is 9.20 Å². The number of aromatic nitrogens is 3. The van der Waals surface area contributed by atoms with Crippen molar-refractivity contribution in [2.45, 2.75) is 0 Å². The molecule has 0 N–H and O–H groups in total. The Bertz CT molecular complexity index is 4590. The van der Waals surface area contributed by atoms with Gasteiger partial charge in [-0.2, -0.15) is 0 Å². The van der Waals surface area contributed by atoms with Crippen molar-refractivity contribution < 1.29 is 0 Å². The summed E-state index contributed by atoms with van der Waals surface area (Å²) in [4.78, 5) is 14.4. The summed E-state index contributed by atoms with van der Waals surface area (Å²) in [6.07, 6.45) is 0. The van der Waals surface area contributed by atoms with Crippen LogP contribution in [-0.4, -0.2) is 13.5 Å². The molecule has 0 aliphatic heterocycles. The summed E-state index contributed by atoms with van der Waals surface area (Å²) in [5.41, 5.74) is 13.5. The van der Waals surface area contributed by atoms with Crippen LogP contribution in [0.1, 0.15) is 0 Å². The largest absolute Gasteiger partial charge is 0.307 e. The van der Waals surface area contributed by atoms with Crippen molar-refractivity contribution in [2.75, 3.05) is 0 Å². The minimum Gasteiger partial charge on any atom is -0.307 e. The molecular formula is C61H35N3OS. The first kappa shape index (κ1) is 35.9. The van der Waals surface area contributed by atoms with E-state index in [1.54, 1.807) is 0 Å². The highest BCUT2D eigenvalue weighted by atomic mass is 32.1. The van der Waals surface area contributed by atoms with Crippen LogP contribution in [0, 0.1) is 0 Å². The Morgan fingerprint density at radius 2 is 0.924 bits per heavy atom. The van der Waals surface area contributed by atoms with Crippen molar-refractivity contribution in [1.29, 1.82) is 0 Å². The van der Waals surface area contributed by atoms with Crippen LogP contribution in [0.25, 0.3) is 135 Å². The topological polar surface area (TPSA) is 31.3 Å². The van der Waals surface area contributed by atoms with Gasteiger partial charge in [-0.15, -0.1) is 11.3 Å². The predicted octanol–water partition coefficient (Wildman–Crippen LogP) is 16.1. The second kappa shape index (κ2) is 13.3. The standard InChI is InChI=1S/C61H35N3OS/c65-61-47-21-8-7-18-42(47)49-33-38(34-50-48-32-37(36-14-3-1-4-15-36)26-30-54(48)64(61)58(49)50)41-22-13-25-56-57(41)51-35-40(27-31-55(51)66-56)63-53-24-12-10-20-44(53)46-29-28-45-43-19-9-11-23-52(43)62(59(45)60(46)63)39-16-5-2-6-17-39/h1-35H. The third kappa shape index (κ3) is 4.79. The Hall–Kier alpha value is -8.51. The van der Waals surface area contributed by atoms with Crippen LogP contribution in [-0.2, 0) is 0 Å². The fourth-order valence-electron chi connectivity index (χ4n) is 11.4. The lowest BCUT2D eigenvalue weighted by atomic mass is 9.94. The molecule has 15 rings (SSSR count). The molecule has 5 heteroatoms. The molecule has 306 valence electrons. The number of benzene rings is 10. The number of hydrogen-bond acceptors (Lipinski definition) is 2. The van der Waals surface area contributed by atoms with Crippen molar-refractivity contribution in [3.8, 4) is 33.6 Å². The van der Waals surface area contributed by atoms with Crippen LogP contribution in [0.3, 0.4) is 0 Å². The number of para-hydroxylation sites is 3. The van der Waals surface area contributed by atoms with Gasteiger partial charge in [-0.25, -0.2) is 0 Å². The second-order valence-corrected chi connectivity index (χ2v) is 18.6. The van der Waals surface area contributed by atoms with Gasteiger partial charge < -0.3 is 9.13 Å². The van der Waals surface area contributed by atoms with Crippen molar-refractivity contribution in [3.05, 3.63) is 223 Å². The average molecular weight is 858 g/mol. The van der Waals surface area contributed by atoms with E-state index >= 15 is 0 Å². The average Bonchev–Trinajstić information content (AvgIpc) is 4.12. The Balaban J connectivity index is 1.03. The second-order valence-electron chi connectivity index (χ2n) is 17.6. The van der Waals surface area contributed by atoms with Crippen LogP contribution < -0.4 is 5.56 Å². The zero-order valence-corrected chi connectivity index (χ0v) is 36.2. The lowest BCUT2D eigenvalue weighted by Crippen LogP contribution is -2.12. The molecule has 0 spiro atoms. The molecule has 0 atom stereocenters. The van der Waals surface area contributed by atoms with Crippen LogP contribution in [0.5, 0.6) is 0 Å². The summed E-state index contributed by atoms with van der Waals surface area (Å²) in [6.45, 7) is 0. The molecule has 10 aromatic carbocycles. The third-order valence-corrected chi connectivity index (χ3v) is 15.3. The molecule has 0 unspecified atom stereocenters. The third-order valence-electron chi connectivity index (χ3n) is 14.1. The Kier molecular flexibility index (Phi) is 7.22. The van der Waals surface area contributed by atoms with E-state index < -0.39 is 0 Å². The molecule has 0 amide bonds. The maximum absolute atomic E-state index is 14.4. The van der Waals surface area contributed by atoms with Gasteiger partial charge in [-0.1, -0.05) is 133 Å². The van der Waals surface area contributed by atoms with Crippen LogP contribution in [0.15, 0.2) is 217 Å². The zero-order chi connectivity index (χ0) is 43.2. The maximum atomic E-state index is 14.4. The van der Waals surface area contributed by atoms with E-state index in [0.717, 1.165) is 66.0 Å². The highest BCUT2D eigenvalue weighted by Gasteiger charge is 2.24. The van der Waals surface area contributed by atoms with Gasteiger partial charge in [0, 0.05) is 74.6 Å². The summed E-state index contributed by atoms with van der Waals surface area (Å²) in [6, 6.07) is 76.7. The number of nitrogens with zero attached hydrogens (tertiary/aromatic N) is 3. The summed E-state index contributed by atoms with van der Waals surface area (Å²) >= 11 is 1.85. The predicted molar refractivity (Wildman–Crippen MR) is 280 cm³/mol. The highest BCUT2D eigenvalue weighted by molar-refractivity contribution is 7.26. The smallest absolute Gasteiger partial charge is 0.263 e. The summed E-state index contributed by atoms with van der Waals surface area (Å²) in [7, 11) is 0. The molecule has 15 aromatic rings. The Labute approximate surface area is 381 Å². The minimum atomic E-state index is 0.0169. The van der Waals surface area contributed by atoms with E-state index in [-0.39, 0.29) is 5.56 Å². The normalized spacial score (nSPS) is 12.3. The number of thiophene rings is 1. The lowest BCUT2D eigenvalue weighted by molar-refractivity contribution is 1.15. The molecule has 0 bridgehead atoms. The number of hydrogen-bond donors (Lipinski definition) is 0. The molecular weight excluding hydrogens is 823 g/mol. The number of rotatable bonds is 4. The van der Waals surface area contributed by atoms with E-state index in [0.29, 0.717) is 0 Å². The number of pyridine rings is 1. The van der Waals surface area contributed by atoms with Crippen LogP contribution in [0.4, 0.5) is 0 Å². The maximum Gasteiger partial charge on any atom is 0.263 e. The quantitative estimate of drug-likeness (QED) is 0.162.